The molecule has 0 amide bonds. The Hall–Kier alpha value is -0.620. The molecule has 1 aromatic heterocycles. The van der Waals surface area contributed by atoms with E-state index in [4.69, 9.17) is 5.73 Å². The molecule has 2 N–H and O–H groups in total. The zero-order valence-corrected chi connectivity index (χ0v) is 9.35. The first kappa shape index (κ1) is 12.4. The molecule has 1 atom stereocenters. The van der Waals surface area contributed by atoms with Crippen molar-refractivity contribution in [2.75, 3.05) is 0 Å². The molecule has 0 saturated carbocycles. The maximum absolute atomic E-state index is 11.9. The fraction of sp³-hybridized carbons (Fsp3) is 0.444. The van der Waals surface area contributed by atoms with Crippen LogP contribution >= 0.6 is 15.9 Å². The molecule has 84 valence electrons. The summed E-state index contributed by atoms with van der Waals surface area (Å²) in [7, 11) is 0. The molecule has 0 aliphatic rings. The predicted molar refractivity (Wildman–Crippen MR) is 54.2 cm³/mol. The normalized spacial score (nSPS) is 13.9. The van der Waals surface area contributed by atoms with E-state index < -0.39 is 18.6 Å². The summed E-state index contributed by atoms with van der Waals surface area (Å²) in [6.45, 7) is 0. The van der Waals surface area contributed by atoms with Crippen molar-refractivity contribution >= 4 is 15.9 Å². The predicted octanol–water partition coefficient (Wildman–Crippen LogP) is 3.19. The van der Waals surface area contributed by atoms with Gasteiger partial charge in [-0.3, -0.25) is 0 Å². The van der Waals surface area contributed by atoms with E-state index in [2.05, 4.69) is 20.9 Å². The lowest BCUT2D eigenvalue weighted by molar-refractivity contribution is -0.136. The highest BCUT2D eigenvalue weighted by molar-refractivity contribution is 9.10. The van der Waals surface area contributed by atoms with Crippen LogP contribution in [0.4, 0.5) is 13.2 Å². The summed E-state index contributed by atoms with van der Waals surface area (Å²) >= 11 is 3.13. The molecule has 0 unspecified atom stereocenters. The van der Waals surface area contributed by atoms with Crippen molar-refractivity contribution < 1.29 is 13.2 Å². The van der Waals surface area contributed by atoms with E-state index >= 15 is 0 Å². The van der Waals surface area contributed by atoms with Gasteiger partial charge in [-0.1, -0.05) is 0 Å². The largest absolute Gasteiger partial charge is 0.389 e. The number of pyridine rings is 1. The van der Waals surface area contributed by atoms with Gasteiger partial charge in [-0.2, -0.15) is 13.2 Å². The zero-order valence-electron chi connectivity index (χ0n) is 7.76. The van der Waals surface area contributed by atoms with E-state index in [0.717, 1.165) is 0 Å². The first-order chi connectivity index (χ1) is 6.88. The van der Waals surface area contributed by atoms with Crippen molar-refractivity contribution in [3.8, 4) is 0 Å². The molecular weight excluding hydrogens is 273 g/mol. The molecule has 1 heterocycles. The molecular formula is C9H10BrF3N2. The first-order valence-corrected chi connectivity index (χ1v) is 5.11. The van der Waals surface area contributed by atoms with E-state index in [0.29, 0.717) is 10.2 Å². The second-order valence-electron chi connectivity index (χ2n) is 3.17. The first-order valence-electron chi connectivity index (χ1n) is 4.32. The molecule has 2 nitrogen and oxygen atoms in total. The van der Waals surface area contributed by atoms with Gasteiger partial charge in [0.15, 0.2) is 0 Å². The molecule has 1 aromatic rings. The highest BCUT2D eigenvalue weighted by atomic mass is 79.9. The second-order valence-corrected chi connectivity index (χ2v) is 3.98. The monoisotopic (exact) mass is 282 g/mol. The number of rotatable bonds is 3. The van der Waals surface area contributed by atoms with Crippen LogP contribution in [-0.4, -0.2) is 11.2 Å². The molecule has 0 radical (unpaired) electrons. The van der Waals surface area contributed by atoms with Gasteiger partial charge in [-0.15, -0.1) is 0 Å². The van der Waals surface area contributed by atoms with Crippen molar-refractivity contribution in [3.05, 3.63) is 28.5 Å². The third-order valence-corrected chi connectivity index (χ3v) is 2.35. The SMILES string of the molecule is N[C@@H](CCC(F)(F)F)c1ccnc(Br)c1. The fourth-order valence-corrected chi connectivity index (χ4v) is 1.52. The average Bonchev–Trinajstić information content (AvgIpc) is 2.13. The van der Waals surface area contributed by atoms with Gasteiger partial charge in [0.25, 0.3) is 0 Å². The van der Waals surface area contributed by atoms with Crippen LogP contribution < -0.4 is 5.73 Å². The minimum Gasteiger partial charge on any atom is -0.324 e. The van der Waals surface area contributed by atoms with Crippen LogP contribution in [0.5, 0.6) is 0 Å². The lowest BCUT2D eigenvalue weighted by Crippen LogP contribution is -2.15. The highest BCUT2D eigenvalue weighted by Crippen LogP contribution is 2.26. The van der Waals surface area contributed by atoms with Crippen LogP contribution in [0.3, 0.4) is 0 Å². The Morgan fingerprint density at radius 2 is 2.13 bits per heavy atom. The minimum atomic E-state index is -4.15. The average molecular weight is 283 g/mol. The van der Waals surface area contributed by atoms with Gasteiger partial charge < -0.3 is 5.73 Å². The molecule has 0 aliphatic heterocycles. The quantitative estimate of drug-likeness (QED) is 0.865. The van der Waals surface area contributed by atoms with E-state index in [1.54, 1.807) is 12.1 Å². The topological polar surface area (TPSA) is 38.9 Å². The van der Waals surface area contributed by atoms with Gasteiger partial charge in [0.05, 0.1) is 0 Å². The van der Waals surface area contributed by atoms with Crippen LogP contribution in [0.25, 0.3) is 0 Å². The van der Waals surface area contributed by atoms with Crippen LogP contribution in [0.1, 0.15) is 24.4 Å². The minimum absolute atomic E-state index is 0.111. The maximum atomic E-state index is 11.9. The third-order valence-electron chi connectivity index (χ3n) is 1.92. The summed E-state index contributed by atoms with van der Waals surface area (Å²) in [6.07, 6.45) is -3.62. The lowest BCUT2D eigenvalue weighted by atomic mass is 10.0. The van der Waals surface area contributed by atoms with Crippen LogP contribution in [0.15, 0.2) is 22.9 Å². The Bertz CT molecular complexity index is 327. The maximum Gasteiger partial charge on any atom is 0.389 e. The van der Waals surface area contributed by atoms with Gasteiger partial charge >= 0.3 is 6.18 Å². The summed E-state index contributed by atoms with van der Waals surface area (Å²) in [5.41, 5.74) is 6.28. The molecule has 1 rings (SSSR count). The molecule has 0 aromatic carbocycles. The van der Waals surface area contributed by atoms with Crippen molar-refractivity contribution in [2.45, 2.75) is 25.1 Å². The molecule has 0 fully saturated rings. The second kappa shape index (κ2) is 4.94. The number of hydrogen-bond acceptors (Lipinski definition) is 2. The fourth-order valence-electron chi connectivity index (χ4n) is 1.13. The van der Waals surface area contributed by atoms with Crippen LogP contribution in [0, 0.1) is 0 Å². The molecule has 0 saturated heterocycles. The smallest absolute Gasteiger partial charge is 0.324 e. The molecule has 0 bridgehead atoms. The molecule has 0 spiro atoms. The van der Waals surface area contributed by atoms with Gasteiger partial charge in [0.1, 0.15) is 4.60 Å². The number of alkyl halides is 3. The van der Waals surface area contributed by atoms with Gasteiger partial charge in [0.2, 0.25) is 0 Å². The van der Waals surface area contributed by atoms with Crippen molar-refractivity contribution in [1.82, 2.24) is 4.98 Å². The molecule has 15 heavy (non-hydrogen) atoms. The van der Waals surface area contributed by atoms with Gasteiger partial charge in [-0.05, 0) is 40.0 Å². The third kappa shape index (κ3) is 4.61. The van der Waals surface area contributed by atoms with Crippen LogP contribution in [0.2, 0.25) is 0 Å². The summed E-state index contributed by atoms with van der Waals surface area (Å²) in [5.74, 6) is 0. The van der Waals surface area contributed by atoms with E-state index in [9.17, 15) is 13.2 Å². The number of hydrogen-bond donors (Lipinski definition) is 1. The van der Waals surface area contributed by atoms with Crippen molar-refractivity contribution in [2.24, 2.45) is 5.73 Å². The number of nitrogens with two attached hydrogens (primary N) is 1. The summed E-state index contributed by atoms with van der Waals surface area (Å²) in [5, 5.41) is 0. The Morgan fingerprint density at radius 3 is 2.67 bits per heavy atom. The molecule has 6 heteroatoms. The summed E-state index contributed by atoms with van der Waals surface area (Å²) in [6, 6.07) is 2.64. The van der Waals surface area contributed by atoms with Crippen molar-refractivity contribution in [3.63, 3.8) is 0 Å². The van der Waals surface area contributed by atoms with Gasteiger partial charge in [0, 0.05) is 18.7 Å². The van der Waals surface area contributed by atoms with Crippen molar-refractivity contribution in [1.29, 1.82) is 0 Å². The Kier molecular flexibility index (Phi) is 4.10. The number of nitrogens with zero attached hydrogens (tertiary/aromatic N) is 1. The van der Waals surface area contributed by atoms with Gasteiger partial charge in [-0.25, -0.2) is 4.98 Å². The van der Waals surface area contributed by atoms with E-state index in [1.165, 1.54) is 6.20 Å². The summed E-state index contributed by atoms with van der Waals surface area (Å²) in [4.78, 5) is 3.87. The highest BCUT2D eigenvalue weighted by Gasteiger charge is 2.27. The Labute approximate surface area is 93.8 Å². The van der Waals surface area contributed by atoms with E-state index in [-0.39, 0.29) is 6.42 Å². The number of aromatic nitrogens is 1. The Morgan fingerprint density at radius 1 is 1.47 bits per heavy atom. The zero-order chi connectivity index (χ0) is 11.5. The van der Waals surface area contributed by atoms with E-state index in [1.807, 2.05) is 0 Å². The van der Waals surface area contributed by atoms with Crippen LogP contribution in [-0.2, 0) is 0 Å². The summed E-state index contributed by atoms with van der Waals surface area (Å²) < 4.78 is 36.4. The molecule has 0 aliphatic carbocycles. The number of halogens is 4. The Balaban J connectivity index is 2.58. The standard InChI is InChI=1S/C9H10BrF3N2/c10-8-5-6(2-4-15-8)7(14)1-3-9(11,12)13/h2,4-5,7H,1,3,14H2/t7-/m0/s1. The lowest BCUT2D eigenvalue weighted by Gasteiger charge is -2.13.